The van der Waals surface area contributed by atoms with Gasteiger partial charge in [-0.15, -0.1) is 0 Å². The molecule has 0 saturated carbocycles. The van der Waals surface area contributed by atoms with Crippen molar-refractivity contribution in [2.24, 2.45) is 5.90 Å². The van der Waals surface area contributed by atoms with Gasteiger partial charge in [0.05, 0.1) is 13.2 Å². The van der Waals surface area contributed by atoms with Gasteiger partial charge in [-0.25, -0.2) is 9.56 Å². The average molecular weight is 696 g/mol. The van der Waals surface area contributed by atoms with Crippen LogP contribution in [0, 0.1) is 0 Å². The molecule has 0 unspecified atom stereocenters. The Morgan fingerprint density at radius 3 is 2.08 bits per heavy atom. The molecular weight excluding hydrogens is 640 g/mol. The van der Waals surface area contributed by atoms with Gasteiger partial charge in [0, 0.05) is 93.4 Å². The van der Waals surface area contributed by atoms with Gasteiger partial charge in [-0.05, 0) is 83.0 Å². The summed E-state index contributed by atoms with van der Waals surface area (Å²) in [6, 6.07) is 25.8. The molecule has 3 heterocycles. The molecule has 2 saturated heterocycles. The van der Waals surface area contributed by atoms with E-state index in [9.17, 15) is 5.11 Å². The highest BCUT2D eigenvalue weighted by atomic mass is 16.6. The number of nitrogens with two attached hydrogens (primary N) is 1. The standard InChI is InChI=1S/C20H24N3O.C11H18N2O2.C10H13NO/c1-3-22(4-2)15-7-9-17-19(13-15)24-20-14-16(8-10-18(20)21-17)23-11-5-6-12-23;1-4-13(5-2)9-6-7-10(15-12)11(8-9)14-3;12-10-5-3-4-9(8-10)11-6-1-2-7-11/h7-10,13-14H,3-6,11-12H2,1-2H3;6-8H,4-5,12H2,1-3H3;3-5,8,12H,1-2,6-7H2/q+1;;. The number of fused-ring (bicyclic) bond motifs is 2. The van der Waals surface area contributed by atoms with Gasteiger partial charge in [-0.3, -0.25) is 0 Å². The van der Waals surface area contributed by atoms with E-state index in [0.717, 1.165) is 86.3 Å². The maximum absolute atomic E-state index is 9.25. The van der Waals surface area contributed by atoms with E-state index in [4.69, 9.17) is 24.9 Å². The number of rotatable bonds is 9. The van der Waals surface area contributed by atoms with Crippen molar-refractivity contribution in [2.45, 2.75) is 53.4 Å². The summed E-state index contributed by atoms with van der Waals surface area (Å²) in [5, 5.41) is 10.5. The van der Waals surface area contributed by atoms with Gasteiger partial charge in [0.15, 0.2) is 22.8 Å². The first kappa shape index (κ1) is 37.3. The smallest absolute Gasteiger partial charge is 0.203 e. The van der Waals surface area contributed by atoms with Crippen LogP contribution < -0.4 is 40.1 Å². The molecule has 0 radical (unpaired) electrons. The predicted molar refractivity (Wildman–Crippen MR) is 209 cm³/mol. The number of anilines is 3. The zero-order valence-electron chi connectivity index (χ0n) is 31.0. The fraction of sp³-hybridized carbons (Fsp3) is 0.415. The number of hydrogen-bond donors (Lipinski definition) is 2. The lowest BCUT2D eigenvalue weighted by Gasteiger charge is -2.21. The lowest BCUT2D eigenvalue weighted by atomic mass is 10.2. The average Bonchev–Trinajstić information content (AvgIpc) is 3.92. The van der Waals surface area contributed by atoms with Crippen LogP contribution in [0.3, 0.4) is 0 Å². The summed E-state index contributed by atoms with van der Waals surface area (Å²) < 4.78 is 13.8. The first-order chi connectivity index (χ1) is 24.9. The van der Waals surface area contributed by atoms with Crippen molar-refractivity contribution in [3.8, 4) is 28.7 Å². The molecule has 0 aromatic heterocycles. The Balaban J connectivity index is 0.000000160. The number of phenols is 1. The number of hydrogen-bond acceptors (Lipinski definition) is 9. The Morgan fingerprint density at radius 2 is 1.45 bits per heavy atom. The molecule has 10 nitrogen and oxygen atoms in total. The molecular formula is C41H55N6O4+. The number of aromatic hydroxyl groups is 1. The van der Waals surface area contributed by atoms with E-state index in [1.54, 1.807) is 13.2 Å². The molecule has 51 heavy (non-hydrogen) atoms. The maximum atomic E-state index is 9.25. The van der Waals surface area contributed by atoms with Gasteiger partial charge in [-0.1, -0.05) is 6.07 Å². The minimum atomic E-state index is 0.361. The van der Waals surface area contributed by atoms with Crippen molar-refractivity contribution in [3.05, 3.63) is 84.2 Å². The van der Waals surface area contributed by atoms with Gasteiger partial charge in [0.2, 0.25) is 5.36 Å². The van der Waals surface area contributed by atoms with E-state index in [-0.39, 0.29) is 0 Å². The van der Waals surface area contributed by atoms with E-state index >= 15 is 0 Å². The van der Waals surface area contributed by atoms with Crippen LogP contribution in [0.5, 0.6) is 17.2 Å². The van der Waals surface area contributed by atoms with Crippen molar-refractivity contribution in [3.63, 3.8) is 0 Å². The van der Waals surface area contributed by atoms with Crippen LogP contribution in [-0.4, -0.2) is 69.6 Å². The number of nitrogens with zero attached hydrogens (tertiary/aromatic N) is 5. The van der Waals surface area contributed by atoms with Gasteiger partial charge < -0.3 is 33.8 Å². The Morgan fingerprint density at radius 1 is 0.784 bits per heavy atom. The van der Waals surface area contributed by atoms with E-state index in [1.807, 2.05) is 36.4 Å². The second kappa shape index (κ2) is 18.3. The molecule has 4 aliphatic rings. The number of benzene rings is 4. The van der Waals surface area contributed by atoms with Gasteiger partial charge in [-0.2, -0.15) is 5.90 Å². The third-order valence-electron chi connectivity index (χ3n) is 9.65. The first-order valence-electron chi connectivity index (χ1n) is 18.4. The minimum absolute atomic E-state index is 0.361. The van der Waals surface area contributed by atoms with Crippen molar-refractivity contribution in [2.75, 3.05) is 74.2 Å². The molecule has 0 bridgehead atoms. The van der Waals surface area contributed by atoms with Crippen LogP contribution in [0.2, 0.25) is 0 Å². The summed E-state index contributed by atoms with van der Waals surface area (Å²) in [6.07, 6.45) is 5.10. The van der Waals surface area contributed by atoms with Crippen LogP contribution in [-0.2, 0) is 0 Å². The summed E-state index contributed by atoms with van der Waals surface area (Å²) in [4.78, 5) is 16.3. The fourth-order valence-corrected chi connectivity index (χ4v) is 6.76. The number of methoxy groups -OCH3 is 1. The largest absolute Gasteiger partial charge is 0.508 e. The van der Waals surface area contributed by atoms with E-state index in [0.29, 0.717) is 17.2 Å². The summed E-state index contributed by atoms with van der Waals surface area (Å²) in [5.74, 6) is 7.55. The molecule has 7 rings (SSSR count). The number of aromatic nitrogens is 1. The molecule has 0 spiro atoms. The van der Waals surface area contributed by atoms with Crippen molar-refractivity contribution >= 4 is 28.2 Å². The number of ether oxygens (including phenoxy) is 1. The third kappa shape index (κ3) is 9.43. The van der Waals surface area contributed by atoms with Crippen LogP contribution in [0.15, 0.2) is 83.3 Å². The molecule has 10 heteroatoms. The molecule has 1 aliphatic carbocycles. The zero-order chi connectivity index (χ0) is 36.2. The third-order valence-corrected chi connectivity index (χ3v) is 9.65. The zero-order valence-corrected chi connectivity index (χ0v) is 31.0. The number of phenolic OH excluding ortho intramolecular Hbond substituents is 1. The summed E-state index contributed by atoms with van der Waals surface area (Å²) in [5.41, 5.74) is 6.12. The van der Waals surface area contributed by atoms with Crippen molar-refractivity contribution in [1.29, 1.82) is 0 Å². The van der Waals surface area contributed by atoms with Crippen molar-refractivity contribution < 1.29 is 19.1 Å². The summed E-state index contributed by atoms with van der Waals surface area (Å²) >= 11 is 0. The molecule has 3 aromatic rings. The highest BCUT2D eigenvalue weighted by Crippen LogP contribution is 2.31. The second-order valence-corrected chi connectivity index (χ2v) is 12.7. The Kier molecular flexibility index (Phi) is 13.4. The normalized spacial score (nSPS) is 13.8. The summed E-state index contributed by atoms with van der Waals surface area (Å²) in [7, 11) is 1.60. The van der Waals surface area contributed by atoms with Crippen LogP contribution in [0.25, 0.3) is 22.6 Å². The lowest BCUT2D eigenvalue weighted by molar-refractivity contribution is 0.306. The van der Waals surface area contributed by atoms with Gasteiger partial charge >= 0.3 is 0 Å². The maximum Gasteiger partial charge on any atom is 0.203 e. The molecule has 2 fully saturated rings. The quantitative estimate of drug-likeness (QED) is 0.0947. The summed E-state index contributed by atoms with van der Waals surface area (Å²) in [6.45, 7) is 17.0. The van der Waals surface area contributed by atoms with E-state index < -0.39 is 0 Å². The lowest BCUT2D eigenvalue weighted by Crippen LogP contribution is -2.26. The van der Waals surface area contributed by atoms with Crippen molar-refractivity contribution in [1.82, 2.24) is 9.56 Å². The Labute approximate surface area is 302 Å². The fourth-order valence-electron chi connectivity index (χ4n) is 6.76. The molecule has 3 N–H and O–H groups in total. The first-order valence-corrected chi connectivity index (χ1v) is 18.4. The topological polar surface area (TPSA) is 103 Å². The van der Waals surface area contributed by atoms with Gasteiger partial charge in [0.25, 0.3) is 0 Å². The highest BCUT2D eigenvalue weighted by Gasteiger charge is 2.17. The monoisotopic (exact) mass is 695 g/mol. The molecule has 3 aliphatic heterocycles. The molecule has 272 valence electrons. The Hall–Kier alpha value is -4.96. The molecule has 0 amide bonds. The van der Waals surface area contributed by atoms with Crippen LogP contribution in [0.1, 0.15) is 53.4 Å². The van der Waals surface area contributed by atoms with E-state index in [1.165, 1.54) is 36.7 Å². The minimum Gasteiger partial charge on any atom is -0.508 e. The molecule has 3 aromatic carbocycles. The highest BCUT2D eigenvalue weighted by molar-refractivity contribution is 5.80. The SMILES string of the molecule is CCN(CC)c1ccc(ON)c(OC)c1.CCN(CC)c1ccc2nc3ccc(=[N+]4CCCC4)cc-3oc2c1.Oc1cccc(N2CCCC2)c1. The Bertz CT molecular complexity index is 1870. The predicted octanol–water partition coefficient (Wildman–Crippen LogP) is 7.13. The van der Waals surface area contributed by atoms with Gasteiger partial charge in [0.1, 0.15) is 30.0 Å². The van der Waals surface area contributed by atoms with Crippen LogP contribution >= 0.6 is 0 Å². The van der Waals surface area contributed by atoms with Crippen LogP contribution in [0.4, 0.5) is 17.1 Å². The van der Waals surface area contributed by atoms with E-state index in [2.05, 4.69) is 83.4 Å². The molecule has 0 atom stereocenters. The second-order valence-electron chi connectivity index (χ2n) is 12.7.